The number of alkyl halides is 1. The van der Waals surface area contributed by atoms with E-state index in [0.29, 0.717) is 43.5 Å². The first kappa shape index (κ1) is 46.0. The topological polar surface area (TPSA) is 308 Å². The van der Waals surface area contributed by atoms with Crippen LogP contribution in [0.25, 0.3) is 5.69 Å². The van der Waals surface area contributed by atoms with E-state index >= 15 is 0 Å². The van der Waals surface area contributed by atoms with Crippen LogP contribution in [0.3, 0.4) is 0 Å². The second kappa shape index (κ2) is 25.0. The summed E-state index contributed by atoms with van der Waals surface area (Å²) in [4.78, 5) is 95.5. The van der Waals surface area contributed by atoms with E-state index in [0.717, 1.165) is 0 Å². The molecule has 0 radical (unpaired) electrons. The number of amides is 5. The van der Waals surface area contributed by atoms with Crippen LogP contribution >= 0.6 is 0 Å². The number of aliphatic carboxylic acids is 4. The van der Waals surface area contributed by atoms with Crippen LogP contribution in [-0.4, -0.2) is 121 Å². The van der Waals surface area contributed by atoms with E-state index in [9.17, 15) is 53.0 Å². The van der Waals surface area contributed by atoms with Gasteiger partial charge < -0.3 is 47.0 Å². The Morgan fingerprint density at radius 3 is 1.80 bits per heavy atom. The number of rotatable bonds is 28. The number of nitrogens with one attached hydrogen (secondary N) is 5. The molecule has 1 heterocycles. The third-order valence-electron chi connectivity index (χ3n) is 8.19. The molecule has 9 N–H and O–H groups in total. The standard InChI is InChI=1S/C35H49FN8O12/c36-16-6-7-23-21-44(43-42-23)25-12-10-22(11-13-25)32(51)39-24(19-28(45)37-17-4-1-2-9-30(47)48)20-29(46)38-18-5-3-8-26(33(52)53)40-35(56)41-27(34(54)55)14-15-31(49)50/h10-13,21,24,26-27H,1-9,14-20H2,(H,37,45)(H,38,46)(H,39,51)(H,47,48)(H,49,50)(H,52,53)(H,54,55)(H2,40,41,56)/t24?,26-,27-/m0/s1. The summed E-state index contributed by atoms with van der Waals surface area (Å²) in [6.07, 6.45) is 2.86. The first-order chi connectivity index (χ1) is 26.7. The third-order valence-corrected chi connectivity index (χ3v) is 8.19. The molecule has 308 valence electrons. The summed E-state index contributed by atoms with van der Waals surface area (Å²) in [7, 11) is 0. The molecule has 1 aromatic heterocycles. The normalized spacial score (nSPS) is 12.4. The molecule has 2 rings (SSSR count). The van der Waals surface area contributed by atoms with Gasteiger partial charge in [-0.15, -0.1) is 5.10 Å². The van der Waals surface area contributed by atoms with Gasteiger partial charge in [0.15, 0.2) is 0 Å². The Bertz CT molecular complexity index is 1640. The largest absolute Gasteiger partial charge is 0.481 e. The maximum Gasteiger partial charge on any atom is 0.326 e. The number of benzene rings is 1. The first-order valence-corrected chi connectivity index (χ1v) is 18.1. The molecular formula is C35H49FN8O12. The fourth-order valence-corrected chi connectivity index (χ4v) is 5.24. The molecule has 5 amide bonds. The number of carboxylic acid groups (broad SMARTS) is 4. The van der Waals surface area contributed by atoms with Crippen molar-refractivity contribution in [3.05, 3.63) is 41.7 Å². The Morgan fingerprint density at radius 2 is 1.25 bits per heavy atom. The van der Waals surface area contributed by atoms with Crippen molar-refractivity contribution in [2.24, 2.45) is 0 Å². The minimum absolute atomic E-state index is 0.0131. The van der Waals surface area contributed by atoms with Crippen molar-refractivity contribution in [3.8, 4) is 5.69 Å². The van der Waals surface area contributed by atoms with Gasteiger partial charge in [0, 0.05) is 50.4 Å². The summed E-state index contributed by atoms with van der Waals surface area (Å²) in [5.74, 6) is -6.60. The summed E-state index contributed by atoms with van der Waals surface area (Å²) in [5.41, 5.74) is 1.42. The van der Waals surface area contributed by atoms with Crippen molar-refractivity contribution in [3.63, 3.8) is 0 Å². The minimum atomic E-state index is -1.55. The van der Waals surface area contributed by atoms with E-state index in [-0.39, 0.29) is 57.2 Å². The van der Waals surface area contributed by atoms with Crippen molar-refractivity contribution in [2.45, 2.75) is 102 Å². The molecule has 0 aliphatic rings. The number of carboxylic acids is 4. The Morgan fingerprint density at radius 1 is 0.679 bits per heavy atom. The van der Waals surface area contributed by atoms with Crippen LogP contribution < -0.4 is 26.6 Å². The van der Waals surface area contributed by atoms with E-state index in [4.69, 9.17) is 10.2 Å². The monoisotopic (exact) mass is 792 g/mol. The van der Waals surface area contributed by atoms with Gasteiger partial charge >= 0.3 is 29.9 Å². The van der Waals surface area contributed by atoms with Gasteiger partial charge in [-0.3, -0.25) is 28.4 Å². The van der Waals surface area contributed by atoms with E-state index < -0.39 is 85.3 Å². The second-order valence-electron chi connectivity index (χ2n) is 12.8. The van der Waals surface area contributed by atoms with Gasteiger partial charge in [-0.2, -0.15) is 0 Å². The number of halogens is 1. The molecule has 56 heavy (non-hydrogen) atoms. The van der Waals surface area contributed by atoms with Crippen LogP contribution in [0.4, 0.5) is 9.18 Å². The molecule has 21 heteroatoms. The number of urea groups is 1. The lowest BCUT2D eigenvalue weighted by molar-refractivity contribution is -0.141. The Labute approximate surface area is 321 Å². The lowest BCUT2D eigenvalue weighted by Gasteiger charge is -2.19. The van der Waals surface area contributed by atoms with E-state index in [2.05, 4.69) is 31.6 Å². The van der Waals surface area contributed by atoms with Crippen LogP contribution in [-0.2, 0) is 35.2 Å². The molecule has 0 spiro atoms. The first-order valence-electron chi connectivity index (χ1n) is 18.1. The van der Waals surface area contributed by atoms with Crippen LogP contribution in [0, 0.1) is 0 Å². The smallest absolute Gasteiger partial charge is 0.326 e. The van der Waals surface area contributed by atoms with Gasteiger partial charge in [-0.25, -0.2) is 19.1 Å². The number of nitrogens with zero attached hydrogens (tertiary/aromatic N) is 3. The molecule has 0 aliphatic carbocycles. The van der Waals surface area contributed by atoms with Gasteiger partial charge in [0.25, 0.3) is 5.91 Å². The summed E-state index contributed by atoms with van der Waals surface area (Å²) in [6.45, 7) is -0.133. The van der Waals surface area contributed by atoms with Crippen molar-refractivity contribution in [1.82, 2.24) is 41.6 Å². The van der Waals surface area contributed by atoms with Gasteiger partial charge in [0.1, 0.15) is 12.1 Å². The molecule has 1 unspecified atom stereocenters. The number of carbonyl (C=O) groups excluding carboxylic acids is 4. The second-order valence-corrected chi connectivity index (χ2v) is 12.8. The van der Waals surface area contributed by atoms with Crippen molar-refractivity contribution in [2.75, 3.05) is 19.8 Å². The quantitative estimate of drug-likeness (QED) is 0.0547. The lowest BCUT2D eigenvalue weighted by atomic mass is 10.1. The van der Waals surface area contributed by atoms with Crippen molar-refractivity contribution >= 4 is 47.6 Å². The molecule has 0 bridgehead atoms. The fourth-order valence-electron chi connectivity index (χ4n) is 5.24. The maximum absolute atomic E-state index is 13.2. The molecule has 0 aliphatic heterocycles. The highest BCUT2D eigenvalue weighted by molar-refractivity contribution is 5.95. The van der Waals surface area contributed by atoms with Crippen LogP contribution in [0.15, 0.2) is 30.5 Å². The number of aromatic nitrogens is 3. The van der Waals surface area contributed by atoms with Gasteiger partial charge in [0.05, 0.1) is 24.3 Å². The van der Waals surface area contributed by atoms with Crippen molar-refractivity contribution in [1.29, 1.82) is 0 Å². The van der Waals surface area contributed by atoms with Crippen LogP contribution in [0.1, 0.15) is 93.1 Å². The summed E-state index contributed by atoms with van der Waals surface area (Å²) >= 11 is 0. The number of unbranched alkanes of at least 4 members (excludes halogenated alkanes) is 3. The molecule has 2 aromatic rings. The Balaban J connectivity index is 1.94. The van der Waals surface area contributed by atoms with Crippen molar-refractivity contribution < 1.29 is 63.2 Å². The predicted octanol–water partition coefficient (Wildman–Crippen LogP) is 1.17. The van der Waals surface area contributed by atoms with Crippen LogP contribution in [0.5, 0.6) is 0 Å². The van der Waals surface area contributed by atoms with E-state index in [1.54, 1.807) is 18.3 Å². The number of hydrogen-bond acceptors (Lipinski definition) is 10. The average molecular weight is 793 g/mol. The molecular weight excluding hydrogens is 743 g/mol. The molecule has 0 saturated carbocycles. The fraction of sp³-hybridized carbons (Fsp3) is 0.543. The number of hydrogen-bond donors (Lipinski definition) is 9. The zero-order valence-corrected chi connectivity index (χ0v) is 30.7. The molecule has 20 nitrogen and oxygen atoms in total. The van der Waals surface area contributed by atoms with Gasteiger partial charge in [-0.1, -0.05) is 11.6 Å². The summed E-state index contributed by atoms with van der Waals surface area (Å²) in [5, 5.41) is 56.5. The summed E-state index contributed by atoms with van der Waals surface area (Å²) < 4.78 is 14.0. The highest BCUT2D eigenvalue weighted by Gasteiger charge is 2.25. The highest BCUT2D eigenvalue weighted by atomic mass is 19.1. The molecule has 0 fully saturated rings. The minimum Gasteiger partial charge on any atom is -0.481 e. The molecule has 1 aromatic carbocycles. The Kier molecular flexibility index (Phi) is 20.6. The lowest BCUT2D eigenvalue weighted by Crippen LogP contribution is -2.51. The predicted molar refractivity (Wildman–Crippen MR) is 194 cm³/mol. The number of aryl methyl sites for hydroxylation is 1. The van der Waals surface area contributed by atoms with Crippen LogP contribution in [0.2, 0.25) is 0 Å². The zero-order valence-electron chi connectivity index (χ0n) is 30.7. The van der Waals surface area contributed by atoms with E-state index in [1.807, 2.05) is 5.32 Å². The highest BCUT2D eigenvalue weighted by Crippen LogP contribution is 2.12. The van der Waals surface area contributed by atoms with E-state index in [1.165, 1.54) is 16.8 Å². The average Bonchev–Trinajstić information content (AvgIpc) is 3.61. The Hall–Kier alpha value is -6.15. The third kappa shape index (κ3) is 18.7. The zero-order chi connectivity index (χ0) is 41.5. The van der Waals surface area contributed by atoms with Gasteiger partial charge in [-0.05, 0) is 75.6 Å². The summed E-state index contributed by atoms with van der Waals surface area (Å²) in [6, 6.07) is 1.28. The molecule has 3 atom stereocenters. The SMILES string of the molecule is O=C(O)CCCCCNC(=O)CC(CC(=O)NCCCC[C@H](NC(=O)N[C@@H](CCC(=O)O)C(=O)O)C(=O)O)NC(=O)c1ccc(-n2cc(CCCF)nn2)cc1. The number of carbonyl (C=O) groups is 8. The maximum atomic E-state index is 13.2. The molecule has 0 saturated heterocycles. The van der Waals surface area contributed by atoms with Gasteiger partial charge in [0.2, 0.25) is 11.8 Å².